The largest absolute Gasteiger partial charge is 0.361 e. The van der Waals surface area contributed by atoms with Crippen LogP contribution in [-0.4, -0.2) is 11.5 Å². The summed E-state index contributed by atoms with van der Waals surface area (Å²) < 4.78 is 13.9. The number of hydrogen-bond acceptors (Lipinski definition) is 3. The molecule has 0 fully saturated rings. The predicted octanol–water partition coefficient (Wildman–Crippen LogP) is 4.28. The van der Waals surface area contributed by atoms with E-state index in [9.17, 15) is 4.39 Å². The minimum Gasteiger partial charge on any atom is -0.361 e. The lowest BCUT2D eigenvalue weighted by atomic mass is 9.90. The average molecular weight is 252 g/mol. The third-order valence-corrected chi connectivity index (χ3v) is 4.00. The minimum absolute atomic E-state index is 0.207. The van der Waals surface area contributed by atoms with E-state index in [0.29, 0.717) is 0 Å². The van der Waals surface area contributed by atoms with Gasteiger partial charge in [-0.1, -0.05) is 32.1 Å². The number of hydrogen-bond donors (Lipinski definition) is 1. The zero-order valence-corrected chi connectivity index (χ0v) is 11.2. The summed E-state index contributed by atoms with van der Waals surface area (Å²) in [5, 5.41) is 4.20. The van der Waals surface area contributed by atoms with Gasteiger partial charge in [0.1, 0.15) is 5.82 Å². The molecule has 4 heteroatoms. The van der Waals surface area contributed by atoms with Crippen LogP contribution in [-0.2, 0) is 0 Å². The van der Waals surface area contributed by atoms with E-state index in [1.165, 1.54) is 23.5 Å². The van der Waals surface area contributed by atoms with Crippen LogP contribution in [0.2, 0.25) is 0 Å². The van der Waals surface area contributed by atoms with Gasteiger partial charge < -0.3 is 5.32 Å². The summed E-state index contributed by atoms with van der Waals surface area (Å²) in [7, 11) is 0. The highest BCUT2D eigenvalue weighted by Gasteiger charge is 2.15. The summed E-state index contributed by atoms with van der Waals surface area (Å²) in [5.74, 6) is -0.207. The third kappa shape index (κ3) is 2.94. The Morgan fingerprint density at radius 1 is 1.41 bits per heavy atom. The van der Waals surface area contributed by atoms with Crippen molar-refractivity contribution in [2.45, 2.75) is 27.2 Å². The summed E-state index contributed by atoms with van der Waals surface area (Å²) in [6, 6.07) is 4.70. The van der Waals surface area contributed by atoms with Crippen LogP contribution in [0, 0.1) is 11.2 Å². The van der Waals surface area contributed by atoms with Crippen molar-refractivity contribution in [3.05, 3.63) is 24.0 Å². The molecule has 0 atom stereocenters. The Balaban J connectivity index is 2.15. The lowest BCUT2D eigenvalue weighted by molar-refractivity contribution is 0.377. The van der Waals surface area contributed by atoms with Crippen LogP contribution in [0.1, 0.15) is 27.2 Å². The molecule has 0 aliphatic carbocycles. The van der Waals surface area contributed by atoms with Gasteiger partial charge in [0.25, 0.3) is 0 Å². The molecule has 0 aliphatic heterocycles. The van der Waals surface area contributed by atoms with Gasteiger partial charge in [-0.15, -0.1) is 0 Å². The second kappa shape index (κ2) is 4.61. The lowest BCUT2D eigenvalue weighted by Crippen LogP contribution is -2.21. The molecular weight excluding hydrogens is 235 g/mol. The molecule has 2 nitrogen and oxygen atoms in total. The Morgan fingerprint density at radius 2 is 2.18 bits per heavy atom. The zero-order chi connectivity index (χ0) is 12.5. The summed E-state index contributed by atoms with van der Waals surface area (Å²) in [6.45, 7) is 7.49. The molecule has 0 unspecified atom stereocenters. The van der Waals surface area contributed by atoms with Crippen LogP contribution in [0.25, 0.3) is 10.2 Å². The average Bonchev–Trinajstić information content (AvgIpc) is 2.68. The van der Waals surface area contributed by atoms with E-state index in [2.05, 4.69) is 31.1 Å². The highest BCUT2D eigenvalue weighted by molar-refractivity contribution is 7.22. The van der Waals surface area contributed by atoms with Crippen molar-refractivity contribution in [1.82, 2.24) is 4.98 Å². The van der Waals surface area contributed by atoms with Gasteiger partial charge >= 0.3 is 0 Å². The van der Waals surface area contributed by atoms with Gasteiger partial charge in [0.2, 0.25) is 0 Å². The first-order chi connectivity index (χ1) is 8.00. The highest BCUT2D eigenvalue weighted by Crippen LogP contribution is 2.28. The third-order valence-electron chi connectivity index (χ3n) is 3.03. The number of fused-ring (bicyclic) bond motifs is 1. The second-order valence-corrected chi connectivity index (χ2v) is 6.03. The Labute approximate surface area is 105 Å². The van der Waals surface area contributed by atoms with E-state index in [4.69, 9.17) is 0 Å². The standard InChI is InChI=1S/C13H17FN2S/c1-4-13(2,3)8-15-12-16-10-6-5-9(14)7-11(10)17-12/h5-7H,4,8H2,1-3H3,(H,15,16). The molecular formula is C13H17FN2S. The summed E-state index contributed by atoms with van der Waals surface area (Å²) in [4.78, 5) is 4.43. The van der Waals surface area contributed by atoms with E-state index < -0.39 is 0 Å². The first-order valence-electron chi connectivity index (χ1n) is 5.80. The number of nitrogens with one attached hydrogen (secondary N) is 1. The second-order valence-electron chi connectivity index (χ2n) is 5.00. The van der Waals surface area contributed by atoms with Gasteiger partial charge in [-0.3, -0.25) is 0 Å². The maximum absolute atomic E-state index is 13.0. The smallest absolute Gasteiger partial charge is 0.183 e. The molecule has 1 heterocycles. The molecule has 17 heavy (non-hydrogen) atoms. The minimum atomic E-state index is -0.207. The number of halogens is 1. The van der Waals surface area contributed by atoms with Gasteiger partial charge in [0, 0.05) is 6.54 Å². The van der Waals surface area contributed by atoms with E-state index in [-0.39, 0.29) is 11.2 Å². The Bertz CT molecular complexity index is 519. The molecule has 0 saturated carbocycles. The number of rotatable bonds is 4. The van der Waals surface area contributed by atoms with E-state index >= 15 is 0 Å². The molecule has 0 aliphatic rings. The molecule has 0 radical (unpaired) electrons. The number of anilines is 1. The van der Waals surface area contributed by atoms with Gasteiger partial charge in [-0.25, -0.2) is 9.37 Å². The Hall–Kier alpha value is -1.16. The topological polar surface area (TPSA) is 24.9 Å². The van der Waals surface area contributed by atoms with Gasteiger partial charge in [-0.05, 0) is 30.0 Å². The monoisotopic (exact) mass is 252 g/mol. The Kier molecular flexibility index (Phi) is 3.33. The maximum atomic E-state index is 13.0. The van der Waals surface area contributed by atoms with Crippen molar-refractivity contribution < 1.29 is 4.39 Å². The van der Waals surface area contributed by atoms with Crippen LogP contribution in [0.5, 0.6) is 0 Å². The van der Waals surface area contributed by atoms with Crippen LogP contribution in [0.4, 0.5) is 9.52 Å². The van der Waals surface area contributed by atoms with Crippen molar-refractivity contribution in [3.63, 3.8) is 0 Å². The summed E-state index contributed by atoms with van der Waals surface area (Å²) in [6.07, 6.45) is 1.11. The number of thiazole rings is 1. The van der Waals surface area contributed by atoms with Crippen molar-refractivity contribution in [3.8, 4) is 0 Å². The fourth-order valence-electron chi connectivity index (χ4n) is 1.41. The lowest BCUT2D eigenvalue weighted by Gasteiger charge is -2.22. The molecule has 1 aromatic heterocycles. The van der Waals surface area contributed by atoms with Crippen molar-refractivity contribution in [2.75, 3.05) is 11.9 Å². The quantitative estimate of drug-likeness (QED) is 0.878. The van der Waals surface area contributed by atoms with Crippen LogP contribution in [0.3, 0.4) is 0 Å². The van der Waals surface area contributed by atoms with Crippen molar-refractivity contribution in [2.24, 2.45) is 5.41 Å². The molecule has 2 rings (SSSR count). The van der Waals surface area contributed by atoms with Crippen LogP contribution >= 0.6 is 11.3 Å². The fraction of sp³-hybridized carbons (Fsp3) is 0.462. The maximum Gasteiger partial charge on any atom is 0.183 e. The number of aromatic nitrogens is 1. The van der Waals surface area contributed by atoms with Gasteiger partial charge in [-0.2, -0.15) is 0 Å². The molecule has 0 amide bonds. The summed E-state index contributed by atoms with van der Waals surface area (Å²) in [5.41, 5.74) is 1.11. The van der Waals surface area contributed by atoms with Crippen LogP contribution in [0.15, 0.2) is 18.2 Å². The molecule has 1 aromatic carbocycles. The van der Waals surface area contributed by atoms with Crippen molar-refractivity contribution >= 4 is 26.7 Å². The fourth-order valence-corrected chi connectivity index (χ4v) is 2.30. The SMILES string of the molecule is CCC(C)(C)CNc1nc2ccc(F)cc2s1. The molecule has 2 aromatic rings. The molecule has 92 valence electrons. The Morgan fingerprint density at radius 3 is 2.88 bits per heavy atom. The molecule has 0 saturated heterocycles. The van der Waals surface area contributed by atoms with E-state index in [1.54, 1.807) is 6.07 Å². The van der Waals surface area contributed by atoms with Gasteiger partial charge in [0.15, 0.2) is 5.13 Å². The first-order valence-corrected chi connectivity index (χ1v) is 6.62. The molecule has 0 bridgehead atoms. The normalized spacial score (nSPS) is 12.0. The van der Waals surface area contributed by atoms with Crippen molar-refractivity contribution in [1.29, 1.82) is 0 Å². The first kappa shape index (κ1) is 12.3. The number of benzene rings is 1. The summed E-state index contributed by atoms with van der Waals surface area (Å²) >= 11 is 1.50. The molecule has 1 N–H and O–H groups in total. The van der Waals surface area contributed by atoms with Crippen LogP contribution < -0.4 is 5.32 Å². The highest BCUT2D eigenvalue weighted by atomic mass is 32.1. The molecule has 0 spiro atoms. The van der Waals surface area contributed by atoms with E-state index in [0.717, 1.165) is 28.3 Å². The van der Waals surface area contributed by atoms with E-state index in [1.807, 2.05) is 0 Å². The zero-order valence-electron chi connectivity index (χ0n) is 10.4. The predicted molar refractivity (Wildman–Crippen MR) is 72.1 cm³/mol. The van der Waals surface area contributed by atoms with Gasteiger partial charge in [0.05, 0.1) is 10.2 Å². The number of nitrogens with zero attached hydrogens (tertiary/aromatic N) is 1.